The van der Waals surface area contributed by atoms with E-state index >= 15 is 0 Å². The van der Waals surface area contributed by atoms with Crippen LogP contribution in [0.25, 0.3) is 10.9 Å². The molecular formula is C16H20ClN3O. The van der Waals surface area contributed by atoms with Gasteiger partial charge < -0.3 is 10.1 Å². The van der Waals surface area contributed by atoms with E-state index in [0.717, 1.165) is 35.6 Å². The van der Waals surface area contributed by atoms with Gasteiger partial charge in [-0.1, -0.05) is 17.7 Å². The number of ether oxygens (including phenoxy) is 1. The maximum Gasteiger partial charge on any atom is 0.0897 e. The largest absolute Gasteiger partial charge is 0.374 e. The average Bonchev–Trinajstić information content (AvgIpc) is 2.50. The lowest BCUT2D eigenvalue weighted by atomic mass is 9.95. The van der Waals surface area contributed by atoms with Gasteiger partial charge in [-0.2, -0.15) is 0 Å². The molecular weight excluding hydrogens is 286 g/mol. The van der Waals surface area contributed by atoms with Gasteiger partial charge in [-0.15, -0.1) is 0 Å². The highest BCUT2D eigenvalue weighted by molar-refractivity contribution is 6.35. The molecule has 1 aromatic heterocycles. The Morgan fingerprint density at radius 3 is 3.10 bits per heavy atom. The lowest BCUT2D eigenvalue weighted by Gasteiger charge is -2.39. The average molecular weight is 306 g/mol. The highest BCUT2D eigenvalue weighted by Gasteiger charge is 2.32. The van der Waals surface area contributed by atoms with Crippen LogP contribution in [0.4, 0.5) is 0 Å². The van der Waals surface area contributed by atoms with Crippen molar-refractivity contribution in [2.45, 2.75) is 12.1 Å². The zero-order chi connectivity index (χ0) is 14.8. The minimum absolute atomic E-state index is 0.111. The molecule has 4 nitrogen and oxygen atoms in total. The first-order chi connectivity index (χ1) is 10.2. The van der Waals surface area contributed by atoms with Crippen molar-refractivity contribution in [3.8, 4) is 0 Å². The summed E-state index contributed by atoms with van der Waals surface area (Å²) >= 11 is 6.30. The van der Waals surface area contributed by atoms with E-state index in [1.165, 1.54) is 5.56 Å². The maximum atomic E-state index is 6.30. The molecule has 2 aromatic rings. The van der Waals surface area contributed by atoms with E-state index in [2.05, 4.69) is 28.3 Å². The lowest BCUT2D eigenvalue weighted by molar-refractivity contribution is -0.0602. The number of nitrogens with one attached hydrogen (secondary N) is 1. The van der Waals surface area contributed by atoms with Gasteiger partial charge >= 0.3 is 0 Å². The van der Waals surface area contributed by atoms with Crippen LogP contribution >= 0.6 is 11.6 Å². The number of nitrogens with zero attached hydrogens (tertiary/aromatic N) is 2. The molecule has 0 amide bonds. The van der Waals surface area contributed by atoms with Crippen molar-refractivity contribution in [1.82, 2.24) is 15.2 Å². The molecule has 2 atom stereocenters. The number of aromatic nitrogens is 1. The summed E-state index contributed by atoms with van der Waals surface area (Å²) in [4.78, 5) is 6.90. The fourth-order valence-corrected chi connectivity index (χ4v) is 3.29. The smallest absolute Gasteiger partial charge is 0.0897 e. The van der Waals surface area contributed by atoms with E-state index in [0.29, 0.717) is 0 Å². The molecule has 1 fully saturated rings. The summed E-state index contributed by atoms with van der Waals surface area (Å²) in [7, 11) is 4.09. The Morgan fingerprint density at radius 2 is 2.29 bits per heavy atom. The van der Waals surface area contributed by atoms with Crippen LogP contribution in [0.1, 0.15) is 11.6 Å². The highest BCUT2D eigenvalue weighted by atomic mass is 35.5. The van der Waals surface area contributed by atoms with Crippen LogP contribution in [0.5, 0.6) is 0 Å². The van der Waals surface area contributed by atoms with Gasteiger partial charge in [0.1, 0.15) is 0 Å². The third kappa shape index (κ3) is 2.77. The fraction of sp³-hybridized carbons (Fsp3) is 0.438. The van der Waals surface area contributed by atoms with Crippen molar-refractivity contribution in [2.24, 2.45) is 0 Å². The summed E-state index contributed by atoms with van der Waals surface area (Å²) in [6.07, 6.45) is 1.93. The predicted octanol–water partition coefficient (Wildman–Crippen LogP) is 2.48. The van der Waals surface area contributed by atoms with Gasteiger partial charge in [-0.05, 0) is 37.9 Å². The summed E-state index contributed by atoms with van der Waals surface area (Å²) < 4.78 is 5.97. The minimum Gasteiger partial charge on any atom is -0.374 e. The number of likely N-dealkylation sites (N-methyl/N-ethyl adjacent to an activating group) is 2. The molecule has 1 saturated heterocycles. The summed E-state index contributed by atoms with van der Waals surface area (Å²) in [5.74, 6) is 0. The first kappa shape index (κ1) is 14.7. The lowest BCUT2D eigenvalue weighted by Crippen LogP contribution is -2.47. The molecule has 0 spiro atoms. The number of halogens is 1. The number of hydrogen-bond donors (Lipinski definition) is 1. The van der Waals surface area contributed by atoms with Crippen LogP contribution in [-0.4, -0.2) is 49.8 Å². The molecule has 0 bridgehead atoms. The molecule has 21 heavy (non-hydrogen) atoms. The summed E-state index contributed by atoms with van der Waals surface area (Å²) in [5.41, 5.74) is 2.14. The van der Waals surface area contributed by atoms with Crippen LogP contribution in [-0.2, 0) is 4.74 Å². The van der Waals surface area contributed by atoms with Gasteiger partial charge in [0.15, 0.2) is 0 Å². The van der Waals surface area contributed by atoms with Crippen molar-refractivity contribution in [3.05, 3.63) is 41.0 Å². The molecule has 1 aromatic carbocycles. The van der Waals surface area contributed by atoms with Crippen LogP contribution in [0.2, 0.25) is 5.02 Å². The van der Waals surface area contributed by atoms with Gasteiger partial charge in [0.2, 0.25) is 0 Å². The van der Waals surface area contributed by atoms with Crippen molar-refractivity contribution < 1.29 is 4.74 Å². The molecule has 0 radical (unpaired) electrons. The molecule has 3 rings (SSSR count). The second-order valence-corrected chi connectivity index (χ2v) is 5.84. The second-order valence-electron chi connectivity index (χ2n) is 5.43. The Balaban J connectivity index is 2.11. The minimum atomic E-state index is 0.111. The Morgan fingerprint density at radius 1 is 1.43 bits per heavy atom. The first-order valence-corrected chi connectivity index (χ1v) is 7.59. The van der Waals surface area contributed by atoms with E-state index in [9.17, 15) is 0 Å². The van der Waals surface area contributed by atoms with Crippen LogP contribution in [0, 0.1) is 0 Å². The molecule has 2 unspecified atom stereocenters. The molecule has 1 aliphatic rings. The van der Waals surface area contributed by atoms with E-state index in [4.69, 9.17) is 16.3 Å². The zero-order valence-corrected chi connectivity index (χ0v) is 13.1. The maximum absolute atomic E-state index is 6.30. The Labute approximate surface area is 130 Å². The van der Waals surface area contributed by atoms with Gasteiger partial charge in [-0.3, -0.25) is 9.88 Å². The first-order valence-electron chi connectivity index (χ1n) is 7.22. The molecule has 1 aliphatic heterocycles. The van der Waals surface area contributed by atoms with Gasteiger partial charge in [-0.25, -0.2) is 0 Å². The molecule has 0 saturated carbocycles. The standard InChI is InChI=1S/C16H20ClN3O/c1-18-10-14-16(20(2)8-9-21-14)12-5-6-13(17)11-4-3-7-19-15(11)12/h3-7,14,16,18H,8-10H2,1-2H3. The number of benzene rings is 1. The Hall–Kier alpha value is -1.20. The number of morpholine rings is 1. The Kier molecular flexibility index (Phi) is 4.40. The number of fused-ring (bicyclic) bond motifs is 1. The predicted molar refractivity (Wildman–Crippen MR) is 85.8 cm³/mol. The SMILES string of the molecule is CNCC1OCCN(C)C1c1ccc(Cl)c2cccnc12. The fourth-order valence-electron chi connectivity index (χ4n) is 3.07. The normalized spacial score (nSPS) is 23.6. The van der Waals surface area contributed by atoms with Crippen LogP contribution < -0.4 is 5.32 Å². The Bertz CT molecular complexity index is 632. The molecule has 2 heterocycles. The van der Waals surface area contributed by atoms with Crippen LogP contribution in [0.3, 0.4) is 0 Å². The number of hydrogen-bond acceptors (Lipinski definition) is 4. The van der Waals surface area contributed by atoms with Crippen molar-refractivity contribution >= 4 is 22.5 Å². The number of pyridine rings is 1. The quantitative estimate of drug-likeness (QED) is 0.945. The van der Waals surface area contributed by atoms with Crippen LogP contribution in [0.15, 0.2) is 30.5 Å². The van der Waals surface area contributed by atoms with E-state index in [1.807, 2.05) is 31.4 Å². The number of rotatable bonds is 3. The van der Waals surface area contributed by atoms with Gasteiger partial charge in [0.25, 0.3) is 0 Å². The molecule has 0 aliphatic carbocycles. The summed E-state index contributed by atoms with van der Waals surface area (Å²) in [5, 5.41) is 4.96. The topological polar surface area (TPSA) is 37.4 Å². The summed E-state index contributed by atoms with van der Waals surface area (Å²) in [6.45, 7) is 2.49. The van der Waals surface area contributed by atoms with Crippen molar-refractivity contribution in [2.75, 3.05) is 33.8 Å². The van der Waals surface area contributed by atoms with E-state index in [1.54, 1.807) is 0 Å². The van der Waals surface area contributed by atoms with Gasteiger partial charge in [0.05, 0.1) is 24.3 Å². The third-order valence-corrected chi connectivity index (χ3v) is 4.40. The van der Waals surface area contributed by atoms with Gasteiger partial charge in [0, 0.05) is 29.7 Å². The highest BCUT2D eigenvalue weighted by Crippen LogP contribution is 2.34. The molecule has 1 N–H and O–H groups in total. The third-order valence-electron chi connectivity index (χ3n) is 4.07. The molecule has 112 valence electrons. The second kappa shape index (κ2) is 6.28. The van der Waals surface area contributed by atoms with Crippen molar-refractivity contribution in [3.63, 3.8) is 0 Å². The molecule has 5 heteroatoms. The summed E-state index contributed by atoms with van der Waals surface area (Å²) in [6, 6.07) is 8.16. The van der Waals surface area contributed by atoms with E-state index < -0.39 is 0 Å². The zero-order valence-electron chi connectivity index (χ0n) is 12.3. The van der Waals surface area contributed by atoms with E-state index in [-0.39, 0.29) is 12.1 Å². The monoisotopic (exact) mass is 305 g/mol. The van der Waals surface area contributed by atoms with Crippen molar-refractivity contribution in [1.29, 1.82) is 0 Å².